The highest BCUT2D eigenvalue weighted by atomic mass is 32.2. The molecule has 4 amide bonds. The number of hydrogen-bond acceptors (Lipinski definition) is 26. The number of nitrogens with two attached hydrogens (primary N) is 2. The Bertz CT molecular complexity index is 3220. The molecule has 30 nitrogen and oxygen atoms in total. The zero-order valence-corrected chi connectivity index (χ0v) is 78.6. The molecule has 4 saturated carbocycles. The average molecular weight is 1730 g/mol. The van der Waals surface area contributed by atoms with Gasteiger partial charge in [-0.1, -0.05) is 83.1 Å². The summed E-state index contributed by atoms with van der Waals surface area (Å²) in [6, 6.07) is -5.12. The number of ketones is 4. The fourth-order valence-electron chi connectivity index (χ4n) is 10.0. The first-order valence-corrected chi connectivity index (χ1v) is 53.7. The van der Waals surface area contributed by atoms with E-state index in [1.807, 2.05) is 0 Å². The molecule has 0 aromatic carbocycles. The lowest BCUT2D eigenvalue weighted by molar-refractivity contribution is -0.142. The number of nitrogens with one attached hydrogen (secondary N) is 4. The van der Waals surface area contributed by atoms with Gasteiger partial charge in [0, 0.05) is 102 Å². The van der Waals surface area contributed by atoms with Crippen molar-refractivity contribution >= 4 is 157 Å². The molecular formula is C74H136N6O24S4Si4. The molecule has 112 heavy (non-hydrogen) atoms. The summed E-state index contributed by atoms with van der Waals surface area (Å²) in [6.07, 6.45) is 0.439. The van der Waals surface area contributed by atoms with Gasteiger partial charge in [0.2, 0.25) is 11.8 Å². The van der Waals surface area contributed by atoms with Gasteiger partial charge in [0.05, 0.1) is 31.5 Å². The van der Waals surface area contributed by atoms with Crippen molar-refractivity contribution in [2.24, 2.45) is 11.5 Å². The first-order chi connectivity index (χ1) is 50.5. The van der Waals surface area contributed by atoms with E-state index in [0.29, 0.717) is 50.7 Å². The second-order valence-electron chi connectivity index (χ2n) is 36.9. The summed E-state index contributed by atoms with van der Waals surface area (Å²) in [5, 5.41) is 45.5. The minimum atomic E-state index is -2.14. The van der Waals surface area contributed by atoms with Gasteiger partial charge in [0.25, 0.3) is 0 Å². The molecule has 0 aromatic rings. The lowest BCUT2D eigenvalue weighted by Crippen LogP contribution is -2.50. The van der Waals surface area contributed by atoms with E-state index < -0.39 is 135 Å². The molecule has 0 heterocycles. The van der Waals surface area contributed by atoms with Crippen LogP contribution in [0.4, 0.5) is 9.59 Å². The number of alkyl carbamates (subject to hydrolysis) is 2. The predicted molar refractivity (Wildman–Crippen MR) is 449 cm³/mol. The number of carbonyl (C=O) groups is 13. The van der Waals surface area contributed by atoms with Crippen molar-refractivity contribution in [3.63, 3.8) is 0 Å². The Labute approximate surface area is 685 Å². The molecule has 0 aromatic heterocycles. The number of aliphatic carboxylic acids is 4. The molecule has 0 radical (unpaired) electrons. The molecule has 4 fully saturated rings. The van der Waals surface area contributed by atoms with E-state index >= 15 is 0 Å². The van der Waals surface area contributed by atoms with Crippen LogP contribution in [-0.2, 0) is 84.7 Å². The van der Waals surface area contributed by atoms with Crippen LogP contribution in [-0.4, -0.2) is 254 Å². The third-order valence-electron chi connectivity index (χ3n) is 20.6. The first kappa shape index (κ1) is 106. The molecule has 646 valence electrons. The largest absolute Gasteiger partial charge is 0.480 e. The monoisotopic (exact) mass is 1730 g/mol. The maximum absolute atomic E-state index is 12.5. The van der Waals surface area contributed by atoms with Gasteiger partial charge >= 0.3 is 42.0 Å². The standard InChI is InChI=1S/C21H37N3O8SSi.C20H37NO6SSi.C19H35NO6SSi.C14H27NO4SSi/c1-21(2,3)34(4,5)32-15-8-12(25)9-16(15)33-11-14(19(29)23-10-18(27)28)24-17(26)7-6-13(22)20(30)31;1-19(2,3)26-18(24)21-14(17(23)25-7)12-28-16-11-13(22)10-15(16)27-29(8,9)20(4,5)6;1-18(2,3)25-17(24)20-13(16(22)23)11-27-15-10-12(21)9-14(15)26-28(7,8)19(4,5)6;1-14(2,3)21(4,5)19-11-6-9(16)7-12(11)20-8-10(15)13(17)18/h13-16H,6-11,22H2,1-5H3,(H,23,29)(H,24,26)(H,27,28)(H,30,31);14-16H,10-12H2,1-9H3,(H,21,24);13-15H,9-11H2,1-8H3,(H,20,24)(H,22,23);10-12H,6-8,15H2,1-5H3,(H,17,18)/t13?,14?,15-,16-;14-,15-,16-;13-,14-,15-;10-,11-,12-/m0000/s1. The predicted octanol–water partition coefficient (Wildman–Crippen LogP) is 10.7. The number of rotatable bonds is 33. The van der Waals surface area contributed by atoms with Crippen LogP contribution in [0.5, 0.6) is 0 Å². The van der Waals surface area contributed by atoms with Crippen LogP contribution in [0, 0.1) is 0 Å². The third-order valence-corrected chi connectivity index (χ3v) is 44.3. The number of carboxylic acids is 4. The lowest BCUT2D eigenvalue weighted by atomic mass is 10.1. The Hall–Kier alpha value is -4.46. The highest BCUT2D eigenvalue weighted by molar-refractivity contribution is 8.00. The Morgan fingerprint density at radius 3 is 0.973 bits per heavy atom. The molecule has 13 atom stereocenters. The first-order valence-electron chi connectivity index (χ1n) is 37.8. The molecule has 2 unspecified atom stereocenters. The molecule has 0 spiro atoms. The van der Waals surface area contributed by atoms with Crippen LogP contribution in [0.15, 0.2) is 0 Å². The van der Waals surface area contributed by atoms with Crippen molar-refractivity contribution in [2.75, 3.05) is 36.7 Å². The quantitative estimate of drug-likeness (QED) is 0.0166. The molecule has 4 rings (SSSR count). The van der Waals surface area contributed by atoms with E-state index in [1.165, 1.54) is 54.2 Å². The van der Waals surface area contributed by atoms with Gasteiger partial charge < -0.3 is 85.1 Å². The number of carbonyl (C=O) groups excluding carboxylic acids is 9. The highest BCUT2D eigenvalue weighted by Gasteiger charge is 2.49. The SMILES string of the molecule is CC(C)(C)OC(=O)N[C@@H](CS[C@H]1CC(=O)C[C@@H]1O[Si](C)(C)C(C)(C)C)C(=O)O.CC(C)(C)[Si](C)(C)O[C@H]1CC(=O)C[C@@H]1SCC(NC(=O)CCC(N)C(=O)O)C(=O)NCC(=O)O.CC(C)(C)[Si](C)(C)O[C@H]1CC(=O)C[C@@H]1SC[C@H](N)C(=O)O.COC(=O)[C@H](CS[C@H]1CC(=O)C[C@@H]1O[Si](C)(C)C(C)(C)C)NC(=O)OC(C)(C)C. The minimum absolute atomic E-state index is 0.0235. The summed E-state index contributed by atoms with van der Waals surface area (Å²) >= 11 is 5.61. The molecule has 38 heteroatoms. The Balaban J connectivity index is 0.000000756. The van der Waals surface area contributed by atoms with Gasteiger partial charge in [-0.3, -0.25) is 43.2 Å². The second-order valence-corrected chi connectivity index (χ2v) is 61.0. The lowest BCUT2D eigenvalue weighted by Gasteiger charge is -2.39. The molecular weight excluding hydrogens is 1600 g/mol. The number of thioether (sulfide) groups is 4. The van der Waals surface area contributed by atoms with Crippen LogP contribution in [0.3, 0.4) is 0 Å². The molecule has 4 aliphatic carbocycles. The van der Waals surface area contributed by atoms with Crippen LogP contribution < -0.4 is 32.7 Å². The Kier molecular flexibility index (Phi) is 41.8. The summed E-state index contributed by atoms with van der Waals surface area (Å²) in [5.41, 5.74) is 9.57. The van der Waals surface area contributed by atoms with Gasteiger partial charge in [-0.15, -0.1) is 0 Å². The van der Waals surface area contributed by atoms with Gasteiger partial charge in [-0.25, -0.2) is 19.2 Å². The van der Waals surface area contributed by atoms with E-state index in [1.54, 1.807) is 41.5 Å². The topological polar surface area (TPSA) is 468 Å². The van der Waals surface area contributed by atoms with E-state index in [-0.39, 0.29) is 125 Å². The van der Waals surface area contributed by atoms with Gasteiger partial charge in [0.1, 0.15) is 71.1 Å². The normalized spacial score (nSPS) is 22.0. The van der Waals surface area contributed by atoms with Crippen molar-refractivity contribution in [3.8, 4) is 0 Å². The zero-order valence-electron chi connectivity index (χ0n) is 71.4. The van der Waals surface area contributed by atoms with E-state index in [0.717, 1.165) is 0 Å². The van der Waals surface area contributed by atoms with Crippen LogP contribution >= 0.6 is 47.0 Å². The average Bonchev–Trinajstić information content (AvgIpc) is 1.60. The van der Waals surface area contributed by atoms with Crippen molar-refractivity contribution < 1.29 is 115 Å². The number of esters is 1. The summed E-state index contributed by atoms with van der Waals surface area (Å²) in [6.45, 7) is 52.6. The molecule has 12 N–H and O–H groups in total. The molecule has 0 saturated heterocycles. The number of ether oxygens (including phenoxy) is 3. The van der Waals surface area contributed by atoms with Gasteiger partial charge in [-0.2, -0.15) is 47.0 Å². The minimum Gasteiger partial charge on any atom is -0.480 e. The maximum Gasteiger partial charge on any atom is 0.408 e. The fraction of sp³-hybridized carbons (Fsp3) is 0.824. The summed E-state index contributed by atoms with van der Waals surface area (Å²) in [4.78, 5) is 153. The van der Waals surface area contributed by atoms with Crippen LogP contribution in [0.2, 0.25) is 72.5 Å². The fourth-order valence-corrected chi connectivity index (χ4v) is 21.1. The van der Waals surface area contributed by atoms with E-state index in [2.05, 4.69) is 157 Å². The number of methoxy groups -OCH3 is 1. The van der Waals surface area contributed by atoms with Crippen LogP contribution in [0.25, 0.3) is 0 Å². The summed E-state index contributed by atoms with van der Waals surface area (Å²) in [5.74, 6) is -5.03. The zero-order chi connectivity index (χ0) is 87.2. The third kappa shape index (κ3) is 38.3. The van der Waals surface area contributed by atoms with Crippen molar-refractivity contribution in [1.29, 1.82) is 0 Å². The van der Waals surface area contributed by atoms with Crippen molar-refractivity contribution in [1.82, 2.24) is 21.3 Å². The molecule has 4 aliphatic rings. The molecule has 0 bridgehead atoms. The maximum atomic E-state index is 12.5. The highest BCUT2D eigenvalue weighted by Crippen LogP contribution is 2.46. The van der Waals surface area contributed by atoms with E-state index in [4.69, 9.17) is 58.7 Å². The van der Waals surface area contributed by atoms with E-state index in [9.17, 15) is 67.4 Å². The number of carboxylic acid groups (broad SMARTS) is 4. The van der Waals surface area contributed by atoms with Gasteiger partial charge in [0.15, 0.2) is 33.3 Å². The smallest absolute Gasteiger partial charge is 0.408 e. The van der Waals surface area contributed by atoms with Crippen molar-refractivity contribution in [3.05, 3.63) is 0 Å². The Morgan fingerprint density at radius 1 is 0.420 bits per heavy atom. The second kappa shape index (κ2) is 44.4. The van der Waals surface area contributed by atoms with Gasteiger partial charge in [-0.05, 0) is 120 Å². The molecule has 0 aliphatic heterocycles. The summed E-state index contributed by atoms with van der Waals surface area (Å²) in [7, 11) is -6.87. The summed E-state index contributed by atoms with van der Waals surface area (Å²) < 4.78 is 40.9. The number of hydrogen-bond donors (Lipinski definition) is 10. The van der Waals surface area contributed by atoms with Crippen LogP contribution in [0.1, 0.15) is 189 Å². The number of Topliss-reactive ketones (excluding diaryl/α,β-unsaturated/α-hetero) is 4. The van der Waals surface area contributed by atoms with Crippen molar-refractivity contribution in [2.45, 2.75) is 348 Å². The number of amides is 4. The Morgan fingerprint density at radius 2 is 0.705 bits per heavy atom.